The first-order valence-corrected chi connectivity index (χ1v) is 2.07. The Labute approximate surface area is 72.6 Å². The molecule has 0 aliphatic heterocycles. The molecule has 1 aromatic heterocycles. The second kappa shape index (κ2) is 3.66. The van der Waals surface area contributed by atoms with Crippen LogP contribution in [0.3, 0.4) is 0 Å². The number of hydrogen-bond donors (Lipinski definition) is 2. The summed E-state index contributed by atoms with van der Waals surface area (Å²) < 4.78 is 0. The van der Waals surface area contributed by atoms with Crippen molar-refractivity contribution >= 4 is 0 Å². The summed E-state index contributed by atoms with van der Waals surface area (Å²) in [5.41, 5.74) is -0.603. The van der Waals surface area contributed by atoms with E-state index in [0.29, 0.717) is 0 Å². The Bertz CT molecular complexity index is 224. The second-order valence-electron chi connectivity index (χ2n) is 1.31. The molecule has 0 aromatic carbocycles. The zero-order valence-corrected chi connectivity index (χ0v) is 6.97. The Hall–Kier alpha value is -0.320. The van der Waals surface area contributed by atoms with Crippen molar-refractivity contribution in [3.63, 3.8) is 0 Å². The SMILES string of the molecule is O=c1ccc(=O)[nH][nH]1.[Na+]. The molecule has 1 rings (SSSR count). The van der Waals surface area contributed by atoms with E-state index in [-0.39, 0.29) is 40.7 Å². The minimum Gasteiger partial charge on any atom is -0.268 e. The second-order valence-corrected chi connectivity index (χ2v) is 1.31. The summed E-state index contributed by atoms with van der Waals surface area (Å²) in [7, 11) is 0. The fraction of sp³-hybridized carbons (Fsp3) is 0. The first-order chi connectivity index (χ1) is 3.79. The van der Waals surface area contributed by atoms with Crippen LogP contribution in [0.4, 0.5) is 0 Å². The number of hydrogen-bond acceptors (Lipinski definition) is 2. The Morgan fingerprint density at radius 3 is 1.56 bits per heavy atom. The smallest absolute Gasteiger partial charge is 0.268 e. The van der Waals surface area contributed by atoms with Crippen LogP contribution in [-0.4, -0.2) is 10.2 Å². The number of H-pyrrole nitrogens is 2. The van der Waals surface area contributed by atoms with E-state index in [0.717, 1.165) is 0 Å². The fourth-order valence-electron chi connectivity index (χ4n) is 0.358. The molecule has 0 amide bonds. The topological polar surface area (TPSA) is 65.7 Å². The van der Waals surface area contributed by atoms with Crippen LogP contribution >= 0.6 is 0 Å². The number of nitrogens with one attached hydrogen (secondary N) is 2. The monoisotopic (exact) mass is 135 g/mol. The Balaban J connectivity index is 0.000000640. The molecule has 0 spiro atoms. The van der Waals surface area contributed by atoms with Crippen molar-refractivity contribution in [2.45, 2.75) is 0 Å². The van der Waals surface area contributed by atoms with Gasteiger partial charge in [-0.15, -0.1) is 0 Å². The fourth-order valence-corrected chi connectivity index (χ4v) is 0.358. The Morgan fingerprint density at radius 1 is 1.00 bits per heavy atom. The quantitative estimate of drug-likeness (QED) is 0.357. The maximum absolute atomic E-state index is 10.2. The maximum Gasteiger partial charge on any atom is 1.00 e. The van der Waals surface area contributed by atoms with Crippen LogP contribution in [0.5, 0.6) is 0 Å². The molecule has 5 heteroatoms. The van der Waals surface area contributed by atoms with Crippen LogP contribution in [-0.2, 0) is 0 Å². The molecule has 0 aliphatic carbocycles. The van der Waals surface area contributed by atoms with E-state index in [2.05, 4.69) is 10.2 Å². The minimum atomic E-state index is -0.301. The van der Waals surface area contributed by atoms with Crippen molar-refractivity contribution in [3.8, 4) is 0 Å². The molecule has 42 valence electrons. The summed E-state index contributed by atoms with van der Waals surface area (Å²) in [5, 5.41) is 4.21. The zero-order chi connectivity index (χ0) is 5.98. The van der Waals surface area contributed by atoms with Crippen LogP contribution in [0.2, 0.25) is 0 Å². The van der Waals surface area contributed by atoms with Crippen molar-refractivity contribution in [1.82, 2.24) is 10.2 Å². The van der Waals surface area contributed by atoms with Gasteiger partial charge in [0, 0.05) is 12.1 Å². The molecule has 0 unspecified atom stereocenters. The molecule has 0 radical (unpaired) electrons. The summed E-state index contributed by atoms with van der Waals surface area (Å²) in [6.45, 7) is 0. The molecule has 4 nitrogen and oxygen atoms in total. The zero-order valence-electron chi connectivity index (χ0n) is 4.97. The predicted molar refractivity (Wildman–Crippen MR) is 27.7 cm³/mol. The molecular weight excluding hydrogens is 131 g/mol. The van der Waals surface area contributed by atoms with E-state index in [9.17, 15) is 9.59 Å². The van der Waals surface area contributed by atoms with Gasteiger partial charge in [0.1, 0.15) is 0 Å². The molecule has 0 atom stereocenters. The van der Waals surface area contributed by atoms with Gasteiger partial charge < -0.3 is 0 Å². The molecule has 2 N–H and O–H groups in total. The average Bonchev–Trinajstić information content (AvgIpc) is 1.77. The van der Waals surface area contributed by atoms with Crippen LogP contribution < -0.4 is 40.7 Å². The third-order valence-corrected chi connectivity index (χ3v) is 0.695. The molecule has 0 fully saturated rings. The van der Waals surface area contributed by atoms with E-state index >= 15 is 0 Å². The Kier molecular flexibility index (Phi) is 3.53. The number of aromatic nitrogens is 2. The third-order valence-electron chi connectivity index (χ3n) is 0.695. The number of rotatable bonds is 0. The molecule has 0 saturated carbocycles. The molecule has 9 heavy (non-hydrogen) atoms. The summed E-state index contributed by atoms with van der Waals surface area (Å²) in [6, 6.07) is 2.33. The van der Waals surface area contributed by atoms with Gasteiger partial charge in [0.05, 0.1) is 0 Å². The predicted octanol–water partition coefficient (Wildman–Crippen LogP) is -3.93. The molecule has 0 bridgehead atoms. The largest absolute Gasteiger partial charge is 1.00 e. The van der Waals surface area contributed by atoms with Gasteiger partial charge in [-0.3, -0.25) is 19.8 Å². The number of aromatic amines is 2. The van der Waals surface area contributed by atoms with Crippen LogP contribution in [0.25, 0.3) is 0 Å². The van der Waals surface area contributed by atoms with Gasteiger partial charge in [0.15, 0.2) is 0 Å². The third kappa shape index (κ3) is 2.64. The van der Waals surface area contributed by atoms with E-state index in [1.165, 1.54) is 12.1 Å². The minimum absolute atomic E-state index is 0. The summed E-state index contributed by atoms with van der Waals surface area (Å²) in [5.74, 6) is 0. The van der Waals surface area contributed by atoms with E-state index in [4.69, 9.17) is 0 Å². The first kappa shape index (κ1) is 8.68. The van der Waals surface area contributed by atoms with Gasteiger partial charge >= 0.3 is 29.6 Å². The van der Waals surface area contributed by atoms with Crippen molar-refractivity contribution in [3.05, 3.63) is 32.8 Å². The van der Waals surface area contributed by atoms with Crippen LogP contribution in [0.15, 0.2) is 21.7 Å². The standard InChI is InChI=1S/C4H4N2O2.Na/c7-3-1-2-4(8)6-5-3;/h1-2H,(H,5,7)(H,6,8);/q;+1. The van der Waals surface area contributed by atoms with Gasteiger partial charge in [0.25, 0.3) is 11.1 Å². The van der Waals surface area contributed by atoms with Crippen LogP contribution in [0.1, 0.15) is 0 Å². The van der Waals surface area contributed by atoms with Gasteiger partial charge in [-0.25, -0.2) is 0 Å². The van der Waals surface area contributed by atoms with Gasteiger partial charge in [-0.2, -0.15) is 0 Å². The normalized spacial score (nSPS) is 8.00. The first-order valence-electron chi connectivity index (χ1n) is 2.07. The van der Waals surface area contributed by atoms with Crippen molar-refractivity contribution in [1.29, 1.82) is 0 Å². The maximum atomic E-state index is 10.2. The molecule has 1 heterocycles. The molecule has 1 aromatic rings. The molecular formula is C4H4N2NaO2+. The molecule has 0 saturated heterocycles. The summed E-state index contributed by atoms with van der Waals surface area (Å²) in [6.07, 6.45) is 0. The van der Waals surface area contributed by atoms with Crippen molar-refractivity contribution < 1.29 is 29.6 Å². The van der Waals surface area contributed by atoms with Crippen molar-refractivity contribution in [2.75, 3.05) is 0 Å². The van der Waals surface area contributed by atoms with Gasteiger partial charge in [-0.05, 0) is 0 Å². The van der Waals surface area contributed by atoms with Crippen molar-refractivity contribution in [2.24, 2.45) is 0 Å². The van der Waals surface area contributed by atoms with Gasteiger partial charge in [0.2, 0.25) is 0 Å². The van der Waals surface area contributed by atoms with E-state index < -0.39 is 0 Å². The van der Waals surface area contributed by atoms with Gasteiger partial charge in [-0.1, -0.05) is 0 Å². The van der Waals surface area contributed by atoms with E-state index in [1.807, 2.05) is 0 Å². The Morgan fingerprint density at radius 2 is 1.33 bits per heavy atom. The van der Waals surface area contributed by atoms with E-state index in [1.54, 1.807) is 0 Å². The average molecular weight is 135 g/mol. The summed E-state index contributed by atoms with van der Waals surface area (Å²) >= 11 is 0. The summed E-state index contributed by atoms with van der Waals surface area (Å²) in [4.78, 5) is 20.4. The molecule has 0 aliphatic rings. The van der Waals surface area contributed by atoms with Crippen LogP contribution in [0, 0.1) is 0 Å².